The van der Waals surface area contributed by atoms with Gasteiger partial charge >= 0.3 is 0 Å². The molecule has 0 saturated carbocycles. The number of nitrogens with zero attached hydrogens (tertiary/aromatic N) is 2. The van der Waals surface area contributed by atoms with Gasteiger partial charge in [0.1, 0.15) is 5.82 Å². The van der Waals surface area contributed by atoms with Gasteiger partial charge < -0.3 is 4.90 Å². The number of hydrogen-bond acceptors (Lipinski definition) is 3. The van der Waals surface area contributed by atoms with Crippen molar-refractivity contribution in [3.05, 3.63) is 21.8 Å². The van der Waals surface area contributed by atoms with E-state index in [0.717, 1.165) is 22.1 Å². The molecule has 4 heteroatoms. The van der Waals surface area contributed by atoms with E-state index < -0.39 is 0 Å². The Morgan fingerprint density at radius 1 is 1.16 bits per heavy atom. The number of carbonyl (C=O) groups is 1. The highest BCUT2D eigenvalue weighted by atomic mass is 79.9. The van der Waals surface area contributed by atoms with Gasteiger partial charge in [-0.25, -0.2) is 4.98 Å². The smallest absolute Gasteiger partial charge is 0.151 e. The van der Waals surface area contributed by atoms with Gasteiger partial charge in [0.2, 0.25) is 0 Å². The lowest BCUT2D eigenvalue weighted by Crippen LogP contribution is -2.53. The molecular formula is C15H23BrN2O. The largest absolute Gasteiger partial charge is 0.346 e. The first-order valence-electron chi connectivity index (χ1n) is 6.40. The third-order valence-electron chi connectivity index (χ3n) is 2.96. The molecule has 1 rings (SSSR count). The molecule has 3 nitrogen and oxygen atoms in total. The maximum atomic E-state index is 11.0. The minimum Gasteiger partial charge on any atom is -0.346 e. The van der Waals surface area contributed by atoms with Gasteiger partial charge in [0.25, 0.3) is 0 Å². The van der Waals surface area contributed by atoms with Gasteiger partial charge in [-0.3, -0.25) is 4.79 Å². The van der Waals surface area contributed by atoms with Crippen LogP contribution in [0.3, 0.4) is 0 Å². The molecule has 0 aliphatic heterocycles. The first kappa shape index (κ1) is 16.2. The highest BCUT2D eigenvalue weighted by Gasteiger charge is 2.34. The van der Waals surface area contributed by atoms with Crippen molar-refractivity contribution in [1.82, 2.24) is 4.98 Å². The molecule has 0 aliphatic carbocycles. The lowest BCUT2D eigenvalue weighted by atomic mass is 9.95. The molecule has 0 unspecified atom stereocenters. The van der Waals surface area contributed by atoms with E-state index in [9.17, 15) is 4.79 Å². The molecule has 0 aromatic carbocycles. The van der Waals surface area contributed by atoms with Crippen LogP contribution in [0.5, 0.6) is 0 Å². The van der Waals surface area contributed by atoms with Crippen LogP contribution in [0.2, 0.25) is 0 Å². The number of carbonyl (C=O) groups excluding carboxylic acids is 1. The fourth-order valence-electron chi connectivity index (χ4n) is 2.49. The maximum Gasteiger partial charge on any atom is 0.151 e. The lowest BCUT2D eigenvalue weighted by Gasteiger charge is -2.47. The predicted octanol–water partition coefficient (Wildman–Crippen LogP) is 4.37. The van der Waals surface area contributed by atoms with Crippen LogP contribution in [0.15, 0.2) is 10.7 Å². The normalized spacial score (nSPS) is 12.4. The second-order valence-electron chi connectivity index (χ2n) is 6.77. The zero-order chi connectivity index (χ0) is 15.0. The van der Waals surface area contributed by atoms with Gasteiger partial charge in [0, 0.05) is 22.8 Å². The summed E-state index contributed by atoms with van der Waals surface area (Å²) in [5.41, 5.74) is 1.42. The number of hydrogen-bond donors (Lipinski definition) is 0. The van der Waals surface area contributed by atoms with E-state index in [2.05, 4.69) is 67.4 Å². The number of aldehydes is 1. The zero-order valence-corrected chi connectivity index (χ0v) is 14.4. The van der Waals surface area contributed by atoms with Crippen molar-refractivity contribution in [3.63, 3.8) is 0 Å². The fourth-order valence-corrected chi connectivity index (χ4v) is 3.00. The standard InChI is InChI=1S/C15H23BrN2O/c1-10-11(9-19)8-17-13(12(10)16)18(14(2,3)4)15(5,6)7/h8-9H,1-7H3. The van der Waals surface area contributed by atoms with Gasteiger partial charge in [-0.05, 0) is 70.0 Å². The second-order valence-corrected chi connectivity index (χ2v) is 7.56. The predicted molar refractivity (Wildman–Crippen MR) is 84.0 cm³/mol. The van der Waals surface area contributed by atoms with Gasteiger partial charge in [0.15, 0.2) is 6.29 Å². The van der Waals surface area contributed by atoms with E-state index in [1.54, 1.807) is 6.20 Å². The summed E-state index contributed by atoms with van der Waals surface area (Å²) in [6.07, 6.45) is 2.49. The molecule has 1 aromatic heterocycles. The fraction of sp³-hybridized carbons (Fsp3) is 0.600. The van der Waals surface area contributed by atoms with Crippen molar-refractivity contribution >= 4 is 28.0 Å². The molecule has 0 saturated heterocycles. The Morgan fingerprint density at radius 3 is 2.00 bits per heavy atom. The molecule has 1 heterocycles. The second kappa shape index (κ2) is 5.23. The van der Waals surface area contributed by atoms with Crippen molar-refractivity contribution in [1.29, 1.82) is 0 Å². The Kier molecular flexibility index (Phi) is 4.45. The van der Waals surface area contributed by atoms with Crippen molar-refractivity contribution < 1.29 is 4.79 Å². The van der Waals surface area contributed by atoms with Gasteiger partial charge in [0.05, 0.1) is 4.47 Å². The Hall–Kier alpha value is -0.900. The van der Waals surface area contributed by atoms with Gasteiger partial charge in [-0.2, -0.15) is 0 Å². The minimum absolute atomic E-state index is 0.0666. The summed E-state index contributed by atoms with van der Waals surface area (Å²) < 4.78 is 0.891. The minimum atomic E-state index is -0.0666. The van der Waals surface area contributed by atoms with Crippen LogP contribution in [-0.4, -0.2) is 22.3 Å². The third-order valence-corrected chi connectivity index (χ3v) is 3.91. The van der Waals surface area contributed by atoms with Crippen LogP contribution in [-0.2, 0) is 0 Å². The summed E-state index contributed by atoms with van der Waals surface area (Å²) in [5.74, 6) is 0.878. The first-order valence-corrected chi connectivity index (χ1v) is 7.20. The molecule has 0 atom stereocenters. The molecule has 0 amide bonds. The van der Waals surface area contributed by atoms with E-state index in [0.29, 0.717) is 5.56 Å². The van der Waals surface area contributed by atoms with Crippen molar-refractivity contribution in [2.45, 2.75) is 59.5 Å². The summed E-state index contributed by atoms with van der Waals surface area (Å²) in [4.78, 5) is 17.7. The van der Waals surface area contributed by atoms with Crippen LogP contribution in [0.25, 0.3) is 0 Å². The summed E-state index contributed by atoms with van der Waals surface area (Å²) in [5, 5.41) is 0. The van der Waals surface area contributed by atoms with Crippen molar-refractivity contribution in [3.8, 4) is 0 Å². The highest BCUT2D eigenvalue weighted by Crippen LogP contribution is 2.37. The number of aromatic nitrogens is 1. The number of anilines is 1. The van der Waals surface area contributed by atoms with Crippen LogP contribution in [0, 0.1) is 6.92 Å². The van der Waals surface area contributed by atoms with E-state index >= 15 is 0 Å². The Morgan fingerprint density at radius 2 is 1.63 bits per heavy atom. The van der Waals surface area contributed by atoms with E-state index in [4.69, 9.17) is 0 Å². The summed E-state index contributed by atoms with van der Waals surface area (Å²) in [6, 6.07) is 0. The lowest BCUT2D eigenvalue weighted by molar-refractivity contribution is 0.112. The molecule has 1 aromatic rings. The topological polar surface area (TPSA) is 33.2 Å². The summed E-state index contributed by atoms with van der Waals surface area (Å²) in [7, 11) is 0. The van der Waals surface area contributed by atoms with Crippen LogP contribution in [0.1, 0.15) is 57.5 Å². The van der Waals surface area contributed by atoms with Crippen LogP contribution < -0.4 is 4.90 Å². The van der Waals surface area contributed by atoms with E-state index in [1.807, 2.05) is 6.92 Å². The molecule has 0 spiro atoms. The molecule has 19 heavy (non-hydrogen) atoms. The first-order chi connectivity index (χ1) is 8.50. The monoisotopic (exact) mass is 326 g/mol. The molecular weight excluding hydrogens is 304 g/mol. The molecule has 0 radical (unpaired) electrons. The molecule has 0 fully saturated rings. The highest BCUT2D eigenvalue weighted by molar-refractivity contribution is 9.10. The van der Waals surface area contributed by atoms with Crippen molar-refractivity contribution in [2.24, 2.45) is 0 Å². The van der Waals surface area contributed by atoms with E-state index in [1.165, 1.54) is 0 Å². The number of pyridine rings is 1. The summed E-state index contributed by atoms with van der Waals surface area (Å²) >= 11 is 3.59. The Bertz CT molecular complexity index is 470. The maximum absolute atomic E-state index is 11.0. The van der Waals surface area contributed by atoms with E-state index in [-0.39, 0.29) is 11.1 Å². The number of halogens is 1. The number of rotatable bonds is 2. The van der Waals surface area contributed by atoms with Crippen LogP contribution >= 0.6 is 15.9 Å². The SMILES string of the molecule is Cc1c(C=O)cnc(N(C(C)(C)C)C(C)(C)C)c1Br. The molecule has 0 bridgehead atoms. The average molecular weight is 327 g/mol. The molecule has 106 valence electrons. The quantitative estimate of drug-likeness (QED) is 0.756. The van der Waals surface area contributed by atoms with Crippen LogP contribution in [0.4, 0.5) is 5.82 Å². The van der Waals surface area contributed by atoms with Gasteiger partial charge in [-0.1, -0.05) is 0 Å². The average Bonchev–Trinajstić information content (AvgIpc) is 2.21. The molecule has 0 N–H and O–H groups in total. The van der Waals surface area contributed by atoms with Gasteiger partial charge in [-0.15, -0.1) is 0 Å². The third kappa shape index (κ3) is 3.35. The Balaban J connectivity index is 3.50. The van der Waals surface area contributed by atoms with Crippen molar-refractivity contribution in [2.75, 3.05) is 4.90 Å². The summed E-state index contributed by atoms with van der Waals surface area (Å²) in [6.45, 7) is 14.9. The Labute approximate surface area is 124 Å². The molecule has 0 aliphatic rings. The zero-order valence-electron chi connectivity index (χ0n) is 12.8.